The average molecular weight is 546 g/mol. The smallest absolute Gasteiger partial charge is 0.225 e. The predicted molar refractivity (Wildman–Crippen MR) is 136 cm³/mol. The molecule has 1 aliphatic carbocycles. The Morgan fingerprint density at radius 1 is 1.16 bits per heavy atom. The summed E-state index contributed by atoms with van der Waals surface area (Å²) in [7, 11) is 0. The highest BCUT2D eigenvalue weighted by molar-refractivity contribution is 14.0. The van der Waals surface area contributed by atoms with E-state index >= 15 is 0 Å². The van der Waals surface area contributed by atoms with Crippen LogP contribution in [0.2, 0.25) is 0 Å². The molecule has 9 heteroatoms. The number of amides is 1. The first-order valence-corrected chi connectivity index (χ1v) is 11.6. The highest BCUT2D eigenvalue weighted by Gasteiger charge is 2.30. The lowest BCUT2D eigenvalue weighted by atomic mass is 9.84. The number of guanidine groups is 1. The fourth-order valence-electron chi connectivity index (χ4n) is 4.09. The summed E-state index contributed by atoms with van der Waals surface area (Å²) >= 11 is 0. The zero-order valence-electron chi connectivity index (χ0n) is 19.4. The molecule has 0 spiro atoms. The van der Waals surface area contributed by atoms with Gasteiger partial charge >= 0.3 is 0 Å². The number of carbonyl (C=O) groups is 1. The van der Waals surface area contributed by atoms with Crippen LogP contribution in [0.1, 0.15) is 44.0 Å². The Labute approximate surface area is 204 Å². The summed E-state index contributed by atoms with van der Waals surface area (Å²) in [6.07, 6.45) is 4.38. The van der Waals surface area contributed by atoms with E-state index in [1.54, 1.807) is 0 Å². The molecule has 1 saturated heterocycles. The number of halogens is 1. The van der Waals surface area contributed by atoms with Crippen LogP contribution in [0, 0.1) is 19.8 Å². The van der Waals surface area contributed by atoms with Gasteiger partial charge < -0.3 is 15.5 Å². The quantitative estimate of drug-likeness (QED) is 0.215. The SMILES string of the molecule is CCNC(=NCCCn1nc(C)cc1C)NCCN1CCN(C(=O)C2CCC2)CC1.I. The summed E-state index contributed by atoms with van der Waals surface area (Å²) in [4.78, 5) is 21.6. The van der Waals surface area contributed by atoms with Crippen LogP contribution >= 0.6 is 24.0 Å². The Kier molecular flexibility index (Phi) is 11.1. The minimum atomic E-state index is 0. The molecule has 1 aromatic heterocycles. The van der Waals surface area contributed by atoms with Gasteiger partial charge in [-0.1, -0.05) is 6.42 Å². The van der Waals surface area contributed by atoms with Crippen LogP contribution in [0.25, 0.3) is 0 Å². The lowest BCUT2D eigenvalue weighted by Gasteiger charge is -2.38. The average Bonchev–Trinajstić information content (AvgIpc) is 3.01. The third-order valence-corrected chi connectivity index (χ3v) is 6.10. The Hall–Kier alpha value is -1.36. The van der Waals surface area contributed by atoms with Crippen molar-refractivity contribution in [1.29, 1.82) is 0 Å². The van der Waals surface area contributed by atoms with Crippen LogP contribution in [0.15, 0.2) is 11.1 Å². The Morgan fingerprint density at radius 2 is 1.90 bits per heavy atom. The molecule has 1 saturated carbocycles. The van der Waals surface area contributed by atoms with Gasteiger partial charge in [0.25, 0.3) is 0 Å². The van der Waals surface area contributed by atoms with Gasteiger partial charge in [0.15, 0.2) is 5.96 Å². The molecule has 2 aliphatic rings. The number of nitrogens with zero attached hydrogens (tertiary/aromatic N) is 5. The molecular formula is C22H40IN7O. The summed E-state index contributed by atoms with van der Waals surface area (Å²) in [5, 5.41) is 11.3. The molecule has 176 valence electrons. The number of piperazine rings is 1. The van der Waals surface area contributed by atoms with Crippen molar-refractivity contribution in [1.82, 2.24) is 30.2 Å². The predicted octanol–water partition coefficient (Wildman–Crippen LogP) is 2.01. The molecule has 2 fully saturated rings. The van der Waals surface area contributed by atoms with E-state index < -0.39 is 0 Å². The number of aromatic nitrogens is 2. The second-order valence-corrected chi connectivity index (χ2v) is 8.49. The first kappa shape index (κ1) is 25.9. The first-order chi connectivity index (χ1) is 14.6. The number of hydrogen-bond acceptors (Lipinski definition) is 4. The normalized spacial score (nSPS) is 17.8. The molecule has 0 aromatic carbocycles. The number of hydrogen-bond donors (Lipinski definition) is 2. The van der Waals surface area contributed by atoms with Crippen molar-refractivity contribution >= 4 is 35.8 Å². The van der Waals surface area contributed by atoms with Gasteiger partial charge in [0.05, 0.1) is 5.69 Å². The summed E-state index contributed by atoms with van der Waals surface area (Å²) in [6.45, 7) is 14.2. The molecule has 1 aliphatic heterocycles. The largest absolute Gasteiger partial charge is 0.357 e. The molecule has 2 N–H and O–H groups in total. The van der Waals surface area contributed by atoms with E-state index in [1.165, 1.54) is 12.1 Å². The van der Waals surface area contributed by atoms with Crippen molar-refractivity contribution in [2.24, 2.45) is 10.9 Å². The zero-order chi connectivity index (χ0) is 21.3. The molecule has 8 nitrogen and oxygen atoms in total. The van der Waals surface area contributed by atoms with E-state index in [2.05, 4.69) is 50.1 Å². The van der Waals surface area contributed by atoms with Crippen LogP contribution in [-0.2, 0) is 11.3 Å². The lowest BCUT2D eigenvalue weighted by molar-refractivity contribution is -0.139. The van der Waals surface area contributed by atoms with E-state index in [-0.39, 0.29) is 24.0 Å². The Morgan fingerprint density at radius 3 is 2.48 bits per heavy atom. The molecule has 1 aromatic rings. The van der Waals surface area contributed by atoms with Crippen LogP contribution in [0.3, 0.4) is 0 Å². The van der Waals surface area contributed by atoms with E-state index in [9.17, 15) is 4.79 Å². The molecule has 31 heavy (non-hydrogen) atoms. The molecule has 3 rings (SSSR count). The molecular weight excluding hydrogens is 505 g/mol. The van der Waals surface area contributed by atoms with Crippen molar-refractivity contribution in [2.45, 2.75) is 53.0 Å². The summed E-state index contributed by atoms with van der Waals surface area (Å²) in [5.74, 6) is 1.59. The fraction of sp³-hybridized carbons (Fsp3) is 0.773. The van der Waals surface area contributed by atoms with Gasteiger partial charge in [0, 0.05) is 70.5 Å². The number of nitrogens with one attached hydrogen (secondary N) is 2. The van der Waals surface area contributed by atoms with Gasteiger partial charge in [0.2, 0.25) is 5.91 Å². The fourth-order valence-corrected chi connectivity index (χ4v) is 4.09. The van der Waals surface area contributed by atoms with E-state index in [0.717, 1.165) is 89.8 Å². The van der Waals surface area contributed by atoms with Gasteiger partial charge in [-0.2, -0.15) is 5.10 Å². The van der Waals surface area contributed by atoms with Crippen molar-refractivity contribution < 1.29 is 4.79 Å². The summed E-state index contributed by atoms with van der Waals surface area (Å²) in [5.41, 5.74) is 2.27. The van der Waals surface area contributed by atoms with E-state index in [1.807, 2.05) is 6.92 Å². The second kappa shape index (κ2) is 13.2. The highest BCUT2D eigenvalue weighted by Crippen LogP contribution is 2.28. The van der Waals surface area contributed by atoms with Crippen LogP contribution < -0.4 is 10.6 Å². The number of rotatable bonds is 9. The van der Waals surface area contributed by atoms with E-state index in [4.69, 9.17) is 4.99 Å². The van der Waals surface area contributed by atoms with E-state index in [0.29, 0.717) is 11.8 Å². The lowest BCUT2D eigenvalue weighted by Crippen LogP contribution is -2.52. The van der Waals surface area contributed by atoms with Crippen molar-refractivity contribution in [2.75, 3.05) is 52.4 Å². The maximum Gasteiger partial charge on any atom is 0.225 e. The van der Waals surface area contributed by atoms with Crippen molar-refractivity contribution in [3.8, 4) is 0 Å². The second-order valence-electron chi connectivity index (χ2n) is 8.49. The summed E-state index contributed by atoms with van der Waals surface area (Å²) in [6, 6.07) is 2.11. The monoisotopic (exact) mass is 545 g/mol. The first-order valence-electron chi connectivity index (χ1n) is 11.6. The van der Waals surface area contributed by atoms with Crippen molar-refractivity contribution in [3.63, 3.8) is 0 Å². The summed E-state index contributed by atoms with van der Waals surface area (Å²) < 4.78 is 2.06. The van der Waals surface area contributed by atoms with Crippen molar-refractivity contribution in [3.05, 3.63) is 17.5 Å². The highest BCUT2D eigenvalue weighted by atomic mass is 127. The Balaban J connectivity index is 0.00000341. The standard InChI is InChI=1S/C22H39N7O.HI/c1-4-23-22(24-9-6-11-29-19(3)17-18(2)26-29)25-10-12-27-13-15-28(16-14-27)21(30)20-7-5-8-20;/h17,20H,4-16H2,1-3H3,(H2,23,24,25);1H. The van der Waals surface area contributed by atoms with Crippen LogP contribution in [0.5, 0.6) is 0 Å². The van der Waals surface area contributed by atoms with Gasteiger partial charge in [-0.25, -0.2) is 0 Å². The van der Waals surface area contributed by atoms with Crippen LogP contribution in [-0.4, -0.2) is 83.8 Å². The minimum absolute atomic E-state index is 0. The maximum absolute atomic E-state index is 12.4. The van der Waals surface area contributed by atoms with Gasteiger partial charge in [-0.15, -0.1) is 24.0 Å². The third kappa shape index (κ3) is 7.93. The maximum atomic E-state index is 12.4. The molecule has 0 unspecified atom stereocenters. The third-order valence-electron chi connectivity index (χ3n) is 6.10. The minimum Gasteiger partial charge on any atom is -0.357 e. The molecule has 0 atom stereocenters. The van der Waals surface area contributed by atoms with Gasteiger partial charge in [0.1, 0.15) is 0 Å². The number of aryl methyl sites for hydroxylation is 3. The number of carbonyl (C=O) groups excluding carboxylic acids is 1. The Bertz CT molecular complexity index is 709. The molecule has 2 heterocycles. The van der Waals surface area contributed by atoms with Crippen LogP contribution in [0.4, 0.5) is 0 Å². The molecule has 0 bridgehead atoms. The molecule has 1 amide bonds. The van der Waals surface area contributed by atoms with Gasteiger partial charge in [-0.05, 0) is 46.1 Å². The number of aliphatic imine (C=N–C) groups is 1. The topological polar surface area (TPSA) is 77.8 Å². The molecule has 0 radical (unpaired) electrons. The zero-order valence-corrected chi connectivity index (χ0v) is 21.7. The van der Waals surface area contributed by atoms with Gasteiger partial charge in [-0.3, -0.25) is 19.4 Å².